The van der Waals surface area contributed by atoms with Crippen molar-refractivity contribution in [3.8, 4) is 0 Å². The third kappa shape index (κ3) is 3.16. The van der Waals surface area contributed by atoms with Crippen LogP contribution in [0.1, 0.15) is 18.9 Å². The Morgan fingerprint density at radius 2 is 2.00 bits per heavy atom. The molecule has 1 aromatic carbocycles. The van der Waals surface area contributed by atoms with E-state index in [1.807, 2.05) is 30.3 Å². The second kappa shape index (κ2) is 4.62. The third-order valence-electron chi connectivity index (χ3n) is 2.20. The summed E-state index contributed by atoms with van der Waals surface area (Å²) in [6.07, 6.45) is 1.08. The van der Waals surface area contributed by atoms with Gasteiger partial charge in [-0.2, -0.15) is 0 Å². The molecule has 1 unspecified atom stereocenters. The molecule has 3 heteroatoms. The van der Waals surface area contributed by atoms with Gasteiger partial charge in [-0.1, -0.05) is 30.3 Å². The minimum atomic E-state index is -1.32. The van der Waals surface area contributed by atoms with Crippen molar-refractivity contribution in [3.63, 3.8) is 0 Å². The maximum atomic E-state index is 10.9. The summed E-state index contributed by atoms with van der Waals surface area (Å²) in [6, 6.07) is 9.75. The third-order valence-corrected chi connectivity index (χ3v) is 2.69. The highest BCUT2D eigenvalue weighted by Gasteiger charge is 2.26. The van der Waals surface area contributed by atoms with Gasteiger partial charge in [0.25, 0.3) is 0 Å². The van der Waals surface area contributed by atoms with Crippen molar-refractivity contribution in [3.05, 3.63) is 35.9 Å². The SMILES string of the molecule is CC(O)(CCc1ccccc1)C(=O)S. The number of carbonyl (C=O) groups is 1. The molecule has 0 fully saturated rings. The minimum Gasteiger partial charge on any atom is -0.381 e. The van der Waals surface area contributed by atoms with Gasteiger partial charge in [-0.3, -0.25) is 4.79 Å². The number of carbonyl (C=O) groups excluding carboxylic acids is 1. The fourth-order valence-electron chi connectivity index (χ4n) is 1.14. The van der Waals surface area contributed by atoms with Crippen LogP contribution in [0.4, 0.5) is 0 Å². The number of thiol groups is 1. The number of aryl methyl sites for hydroxylation is 1. The molecule has 14 heavy (non-hydrogen) atoms. The summed E-state index contributed by atoms with van der Waals surface area (Å²) in [5.74, 6) is 0. The Morgan fingerprint density at radius 3 is 2.50 bits per heavy atom. The second-order valence-corrected chi connectivity index (χ2v) is 3.97. The zero-order valence-corrected chi connectivity index (χ0v) is 9.00. The molecule has 1 rings (SSSR count). The number of aliphatic hydroxyl groups is 1. The first-order chi connectivity index (χ1) is 6.52. The van der Waals surface area contributed by atoms with Crippen LogP contribution in [0.2, 0.25) is 0 Å². The van der Waals surface area contributed by atoms with Crippen LogP contribution in [-0.2, 0) is 11.2 Å². The summed E-state index contributed by atoms with van der Waals surface area (Å²) in [7, 11) is 0. The highest BCUT2D eigenvalue weighted by Crippen LogP contribution is 2.16. The van der Waals surface area contributed by atoms with Crippen LogP contribution in [-0.4, -0.2) is 15.8 Å². The highest BCUT2D eigenvalue weighted by molar-refractivity contribution is 7.96. The van der Waals surface area contributed by atoms with Crippen LogP contribution in [0.5, 0.6) is 0 Å². The minimum absolute atomic E-state index is 0.402. The molecule has 0 aliphatic rings. The maximum Gasteiger partial charge on any atom is 0.217 e. The van der Waals surface area contributed by atoms with Crippen molar-refractivity contribution >= 4 is 17.7 Å². The van der Waals surface area contributed by atoms with Crippen molar-refractivity contribution in [2.45, 2.75) is 25.4 Å². The van der Waals surface area contributed by atoms with Gasteiger partial charge in [0.15, 0.2) is 0 Å². The molecule has 0 amide bonds. The Morgan fingerprint density at radius 1 is 1.43 bits per heavy atom. The first kappa shape index (κ1) is 11.3. The summed E-state index contributed by atoms with van der Waals surface area (Å²) >= 11 is 3.64. The van der Waals surface area contributed by atoms with Gasteiger partial charge in [0.05, 0.1) is 0 Å². The average molecular weight is 210 g/mol. The van der Waals surface area contributed by atoms with E-state index in [0.29, 0.717) is 12.8 Å². The average Bonchev–Trinajstić information content (AvgIpc) is 2.16. The molecule has 76 valence electrons. The Hall–Kier alpha value is -0.800. The van der Waals surface area contributed by atoms with E-state index in [0.717, 1.165) is 5.56 Å². The number of benzene rings is 1. The van der Waals surface area contributed by atoms with E-state index in [1.165, 1.54) is 6.92 Å². The predicted molar refractivity (Wildman–Crippen MR) is 59.4 cm³/mol. The number of hydrogen-bond acceptors (Lipinski definition) is 2. The maximum absolute atomic E-state index is 10.9. The fourth-order valence-corrected chi connectivity index (χ4v) is 1.25. The molecule has 0 spiro atoms. The lowest BCUT2D eigenvalue weighted by molar-refractivity contribution is -0.126. The smallest absolute Gasteiger partial charge is 0.217 e. The Labute approximate surface area is 89.4 Å². The highest BCUT2D eigenvalue weighted by atomic mass is 32.1. The van der Waals surface area contributed by atoms with Crippen LogP contribution in [0.15, 0.2) is 30.3 Å². The normalized spacial score (nSPS) is 14.8. The zero-order valence-electron chi connectivity index (χ0n) is 8.10. The van der Waals surface area contributed by atoms with Crippen molar-refractivity contribution in [1.82, 2.24) is 0 Å². The van der Waals surface area contributed by atoms with E-state index in [2.05, 4.69) is 12.6 Å². The largest absolute Gasteiger partial charge is 0.381 e. The molecule has 0 saturated carbocycles. The summed E-state index contributed by atoms with van der Waals surface area (Å²) in [5.41, 5.74) is -0.207. The van der Waals surface area contributed by atoms with Crippen LogP contribution < -0.4 is 0 Å². The quantitative estimate of drug-likeness (QED) is 0.744. The van der Waals surface area contributed by atoms with Gasteiger partial charge in [0, 0.05) is 0 Å². The van der Waals surface area contributed by atoms with Gasteiger partial charge < -0.3 is 5.11 Å². The van der Waals surface area contributed by atoms with E-state index in [-0.39, 0.29) is 0 Å². The summed E-state index contributed by atoms with van der Waals surface area (Å²) in [5, 5.41) is 9.15. The summed E-state index contributed by atoms with van der Waals surface area (Å²) < 4.78 is 0. The Bertz CT molecular complexity index is 306. The fraction of sp³-hybridized carbons (Fsp3) is 0.364. The molecule has 0 saturated heterocycles. The molecule has 0 aliphatic heterocycles. The molecule has 2 nitrogen and oxygen atoms in total. The van der Waals surface area contributed by atoms with E-state index in [9.17, 15) is 9.90 Å². The van der Waals surface area contributed by atoms with Gasteiger partial charge in [-0.15, -0.1) is 12.6 Å². The zero-order chi connectivity index (χ0) is 10.6. The Kier molecular flexibility index (Phi) is 3.72. The van der Waals surface area contributed by atoms with Crippen molar-refractivity contribution in [1.29, 1.82) is 0 Å². The summed E-state index contributed by atoms with van der Waals surface area (Å²) in [6.45, 7) is 1.49. The standard InChI is InChI=1S/C11H14O2S/c1-11(13,10(12)14)8-7-9-5-3-2-4-6-9/h2-6,13H,7-8H2,1H3,(H,12,14). The molecule has 1 N–H and O–H groups in total. The van der Waals surface area contributed by atoms with E-state index < -0.39 is 10.7 Å². The lowest BCUT2D eigenvalue weighted by Crippen LogP contribution is -2.32. The molecule has 0 radical (unpaired) electrons. The van der Waals surface area contributed by atoms with E-state index in [4.69, 9.17) is 0 Å². The molecule has 0 aliphatic carbocycles. The predicted octanol–water partition coefficient (Wildman–Crippen LogP) is 1.83. The van der Waals surface area contributed by atoms with E-state index in [1.54, 1.807) is 0 Å². The van der Waals surface area contributed by atoms with Gasteiger partial charge in [0.2, 0.25) is 5.12 Å². The van der Waals surface area contributed by atoms with Gasteiger partial charge in [0.1, 0.15) is 5.60 Å². The first-order valence-electron chi connectivity index (χ1n) is 4.52. The van der Waals surface area contributed by atoms with Crippen molar-refractivity contribution in [2.75, 3.05) is 0 Å². The van der Waals surface area contributed by atoms with E-state index >= 15 is 0 Å². The van der Waals surface area contributed by atoms with Crippen molar-refractivity contribution < 1.29 is 9.90 Å². The first-order valence-corrected chi connectivity index (χ1v) is 4.97. The molecule has 0 bridgehead atoms. The van der Waals surface area contributed by atoms with Crippen LogP contribution >= 0.6 is 12.6 Å². The lowest BCUT2D eigenvalue weighted by Gasteiger charge is -2.18. The van der Waals surface area contributed by atoms with Gasteiger partial charge >= 0.3 is 0 Å². The monoisotopic (exact) mass is 210 g/mol. The molecule has 0 aromatic heterocycles. The van der Waals surface area contributed by atoms with Gasteiger partial charge in [-0.05, 0) is 25.3 Å². The summed E-state index contributed by atoms with van der Waals surface area (Å²) in [4.78, 5) is 10.9. The number of rotatable bonds is 4. The Balaban J connectivity index is 2.53. The van der Waals surface area contributed by atoms with Crippen LogP contribution in [0, 0.1) is 0 Å². The van der Waals surface area contributed by atoms with Crippen molar-refractivity contribution in [2.24, 2.45) is 0 Å². The molecular formula is C11H14O2S. The van der Waals surface area contributed by atoms with Crippen LogP contribution in [0.25, 0.3) is 0 Å². The molecule has 1 atom stereocenters. The van der Waals surface area contributed by atoms with Crippen LogP contribution in [0.3, 0.4) is 0 Å². The van der Waals surface area contributed by atoms with Gasteiger partial charge in [-0.25, -0.2) is 0 Å². The molecule has 1 aromatic rings. The second-order valence-electron chi connectivity index (χ2n) is 3.56. The topological polar surface area (TPSA) is 37.3 Å². The molecule has 0 heterocycles. The molecular weight excluding hydrogens is 196 g/mol. The lowest BCUT2D eigenvalue weighted by atomic mass is 9.98. The number of hydrogen-bond donors (Lipinski definition) is 2.